The fourth-order valence-electron chi connectivity index (χ4n) is 2.36. The predicted molar refractivity (Wildman–Crippen MR) is 73.5 cm³/mol. The van der Waals surface area contributed by atoms with E-state index in [4.69, 9.17) is 4.74 Å². The fraction of sp³-hybridized carbons (Fsp3) is 0.929. The lowest BCUT2D eigenvalue weighted by atomic mass is 9.95. The molecule has 18 heavy (non-hydrogen) atoms. The highest BCUT2D eigenvalue weighted by Gasteiger charge is 2.28. The Balaban J connectivity index is 2.25. The molecule has 0 aromatic rings. The van der Waals surface area contributed by atoms with Gasteiger partial charge in [-0.15, -0.1) is 0 Å². The van der Waals surface area contributed by atoms with Crippen LogP contribution < -0.4 is 5.32 Å². The monoisotopic (exact) mass is 256 g/mol. The molecule has 0 bridgehead atoms. The standard InChI is InChI=1S/C14H28N2O2/c1-11(2)15-8-5-6-14(17)16-9-7-12(3)13(10-16)18-4/h11-13,15H,5-10H2,1-4H3. The van der Waals surface area contributed by atoms with Crippen LogP contribution >= 0.6 is 0 Å². The van der Waals surface area contributed by atoms with Crippen molar-refractivity contribution in [2.75, 3.05) is 26.7 Å². The number of amides is 1. The second kappa shape index (κ2) is 7.74. The third-order valence-corrected chi connectivity index (χ3v) is 3.66. The Hall–Kier alpha value is -0.610. The maximum absolute atomic E-state index is 12.1. The molecule has 4 heteroatoms. The van der Waals surface area contributed by atoms with Crippen molar-refractivity contribution in [3.63, 3.8) is 0 Å². The average Bonchev–Trinajstić information content (AvgIpc) is 2.34. The molecular weight excluding hydrogens is 228 g/mol. The van der Waals surface area contributed by atoms with Crippen LogP contribution in [-0.4, -0.2) is 49.7 Å². The van der Waals surface area contributed by atoms with Gasteiger partial charge in [-0.3, -0.25) is 4.79 Å². The number of nitrogens with zero attached hydrogens (tertiary/aromatic N) is 1. The maximum Gasteiger partial charge on any atom is 0.222 e. The second-order valence-electron chi connectivity index (χ2n) is 5.59. The van der Waals surface area contributed by atoms with E-state index in [2.05, 4.69) is 26.1 Å². The molecule has 1 saturated heterocycles. The molecule has 1 rings (SSSR count). The summed E-state index contributed by atoms with van der Waals surface area (Å²) in [4.78, 5) is 14.0. The van der Waals surface area contributed by atoms with Gasteiger partial charge in [-0.05, 0) is 25.3 Å². The molecular formula is C14H28N2O2. The van der Waals surface area contributed by atoms with Crippen LogP contribution in [-0.2, 0) is 9.53 Å². The van der Waals surface area contributed by atoms with E-state index in [-0.39, 0.29) is 12.0 Å². The van der Waals surface area contributed by atoms with Gasteiger partial charge >= 0.3 is 0 Å². The minimum Gasteiger partial charge on any atom is -0.379 e. The Morgan fingerprint density at radius 2 is 2.22 bits per heavy atom. The molecule has 106 valence electrons. The molecule has 0 aromatic heterocycles. The molecule has 0 spiro atoms. The summed E-state index contributed by atoms with van der Waals surface area (Å²) in [5.41, 5.74) is 0. The molecule has 0 aliphatic carbocycles. The lowest BCUT2D eigenvalue weighted by Gasteiger charge is -2.36. The lowest BCUT2D eigenvalue weighted by Crippen LogP contribution is -2.46. The summed E-state index contributed by atoms with van der Waals surface area (Å²) in [6.45, 7) is 9.00. The zero-order valence-corrected chi connectivity index (χ0v) is 12.2. The summed E-state index contributed by atoms with van der Waals surface area (Å²) < 4.78 is 5.43. The molecule has 2 unspecified atom stereocenters. The highest BCUT2D eigenvalue weighted by atomic mass is 16.5. The van der Waals surface area contributed by atoms with E-state index in [1.807, 2.05) is 4.90 Å². The first-order valence-corrected chi connectivity index (χ1v) is 7.08. The number of hydrogen-bond acceptors (Lipinski definition) is 3. The highest BCUT2D eigenvalue weighted by molar-refractivity contribution is 5.76. The third kappa shape index (κ3) is 4.94. The van der Waals surface area contributed by atoms with E-state index in [1.54, 1.807) is 7.11 Å². The molecule has 1 aliphatic rings. The zero-order chi connectivity index (χ0) is 13.5. The van der Waals surface area contributed by atoms with Crippen LogP contribution in [0.15, 0.2) is 0 Å². The average molecular weight is 256 g/mol. The smallest absolute Gasteiger partial charge is 0.222 e. The van der Waals surface area contributed by atoms with Gasteiger partial charge in [0.1, 0.15) is 0 Å². The molecule has 0 saturated carbocycles. The van der Waals surface area contributed by atoms with Crippen LogP contribution in [0, 0.1) is 5.92 Å². The van der Waals surface area contributed by atoms with Crippen molar-refractivity contribution in [1.29, 1.82) is 0 Å². The van der Waals surface area contributed by atoms with Gasteiger partial charge < -0.3 is 15.0 Å². The minimum atomic E-state index is 0.205. The highest BCUT2D eigenvalue weighted by Crippen LogP contribution is 2.20. The number of likely N-dealkylation sites (tertiary alicyclic amines) is 1. The van der Waals surface area contributed by atoms with E-state index in [0.717, 1.165) is 32.5 Å². The van der Waals surface area contributed by atoms with E-state index < -0.39 is 0 Å². The second-order valence-corrected chi connectivity index (χ2v) is 5.59. The topological polar surface area (TPSA) is 41.6 Å². The quantitative estimate of drug-likeness (QED) is 0.735. The lowest BCUT2D eigenvalue weighted by molar-refractivity contribution is -0.136. The van der Waals surface area contributed by atoms with E-state index in [1.165, 1.54) is 0 Å². The number of carbonyl (C=O) groups is 1. The molecule has 2 atom stereocenters. The summed E-state index contributed by atoms with van der Waals surface area (Å²) in [5.74, 6) is 0.830. The van der Waals surface area contributed by atoms with Crippen molar-refractivity contribution in [3.05, 3.63) is 0 Å². The third-order valence-electron chi connectivity index (χ3n) is 3.66. The minimum absolute atomic E-state index is 0.205. The molecule has 0 radical (unpaired) electrons. The molecule has 1 fully saturated rings. The van der Waals surface area contributed by atoms with Gasteiger partial charge in [-0.1, -0.05) is 20.8 Å². The predicted octanol–water partition coefficient (Wildman–Crippen LogP) is 1.65. The van der Waals surface area contributed by atoms with Crippen molar-refractivity contribution in [3.8, 4) is 0 Å². The molecule has 4 nitrogen and oxygen atoms in total. The number of rotatable bonds is 6. The van der Waals surface area contributed by atoms with Crippen LogP contribution in [0.25, 0.3) is 0 Å². The summed E-state index contributed by atoms with van der Waals surface area (Å²) in [6, 6.07) is 0.494. The van der Waals surface area contributed by atoms with Gasteiger partial charge in [0, 0.05) is 32.7 Å². The molecule has 1 aliphatic heterocycles. The van der Waals surface area contributed by atoms with Crippen LogP contribution in [0.3, 0.4) is 0 Å². The van der Waals surface area contributed by atoms with E-state index in [9.17, 15) is 4.79 Å². The maximum atomic E-state index is 12.1. The Bertz CT molecular complexity index is 256. The largest absolute Gasteiger partial charge is 0.379 e. The number of piperidine rings is 1. The fourth-order valence-corrected chi connectivity index (χ4v) is 2.36. The van der Waals surface area contributed by atoms with Crippen molar-refractivity contribution in [1.82, 2.24) is 10.2 Å². The van der Waals surface area contributed by atoms with Crippen molar-refractivity contribution < 1.29 is 9.53 Å². The number of methoxy groups -OCH3 is 1. The van der Waals surface area contributed by atoms with Gasteiger partial charge in [0.2, 0.25) is 5.91 Å². The Morgan fingerprint density at radius 1 is 1.50 bits per heavy atom. The SMILES string of the molecule is COC1CN(C(=O)CCCNC(C)C)CCC1C. The summed E-state index contributed by atoms with van der Waals surface area (Å²) in [7, 11) is 1.74. The van der Waals surface area contributed by atoms with Crippen LogP contribution in [0.2, 0.25) is 0 Å². The van der Waals surface area contributed by atoms with Crippen molar-refractivity contribution in [2.24, 2.45) is 5.92 Å². The molecule has 1 heterocycles. The summed E-state index contributed by atoms with van der Waals surface area (Å²) in [6.07, 6.45) is 2.82. The van der Waals surface area contributed by atoms with Crippen molar-refractivity contribution in [2.45, 2.75) is 52.2 Å². The molecule has 0 aromatic carbocycles. The van der Waals surface area contributed by atoms with E-state index >= 15 is 0 Å². The molecule has 1 amide bonds. The van der Waals surface area contributed by atoms with Gasteiger partial charge in [0.05, 0.1) is 6.10 Å². The van der Waals surface area contributed by atoms with Crippen LogP contribution in [0.1, 0.15) is 40.0 Å². The summed E-state index contributed by atoms with van der Waals surface area (Å²) >= 11 is 0. The van der Waals surface area contributed by atoms with Gasteiger partial charge in [-0.2, -0.15) is 0 Å². The number of ether oxygens (including phenoxy) is 1. The van der Waals surface area contributed by atoms with Crippen LogP contribution in [0.5, 0.6) is 0 Å². The number of carbonyl (C=O) groups excluding carboxylic acids is 1. The first-order valence-electron chi connectivity index (χ1n) is 7.08. The zero-order valence-electron chi connectivity index (χ0n) is 12.2. The first kappa shape index (κ1) is 15.4. The molecule has 1 N–H and O–H groups in total. The normalized spacial score (nSPS) is 24.6. The van der Waals surface area contributed by atoms with Gasteiger partial charge in [0.25, 0.3) is 0 Å². The number of hydrogen-bond donors (Lipinski definition) is 1. The van der Waals surface area contributed by atoms with Gasteiger partial charge in [0.15, 0.2) is 0 Å². The van der Waals surface area contributed by atoms with Gasteiger partial charge in [-0.25, -0.2) is 0 Å². The van der Waals surface area contributed by atoms with Crippen LogP contribution in [0.4, 0.5) is 0 Å². The Kier molecular flexibility index (Phi) is 6.65. The number of nitrogens with one attached hydrogen (secondary N) is 1. The summed E-state index contributed by atoms with van der Waals surface area (Å²) in [5, 5.41) is 3.34. The first-order chi connectivity index (χ1) is 8.54. The Morgan fingerprint density at radius 3 is 2.83 bits per heavy atom. The Labute approximate surface area is 111 Å². The van der Waals surface area contributed by atoms with E-state index in [0.29, 0.717) is 18.4 Å². The van der Waals surface area contributed by atoms with Crippen molar-refractivity contribution >= 4 is 5.91 Å².